The highest BCUT2D eigenvalue weighted by atomic mass is 19.2. The van der Waals surface area contributed by atoms with Crippen molar-refractivity contribution in [1.82, 2.24) is 10.2 Å². The van der Waals surface area contributed by atoms with E-state index in [1.165, 1.54) is 6.07 Å². The first-order valence-electron chi connectivity index (χ1n) is 6.55. The molecule has 18 heavy (non-hydrogen) atoms. The molecule has 0 spiro atoms. The molecule has 1 heterocycles. The summed E-state index contributed by atoms with van der Waals surface area (Å²) in [5.41, 5.74) is 0.454. The normalized spacial score (nSPS) is 17.8. The van der Waals surface area contributed by atoms with Crippen LogP contribution in [0.2, 0.25) is 0 Å². The van der Waals surface area contributed by atoms with Gasteiger partial charge in [-0.05, 0) is 26.0 Å². The molecule has 1 aliphatic heterocycles. The Morgan fingerprint density at radius 1 is 1.39 bits per heavy atom. The summed E-state index contributed by atoms with van der Waals surface area (Å²) >= 11 is 0. The number of nitrogens with zero attached hydrogens (tertiary/aromatic N) is 1. The zero-order chi connectivity index (χ0) is 13.1. The summed E-state index contributed by atoms with van der Waals surface area (Å²) in [6, 6.07) is 4.77. The second-order valence-corrected chi connectivity index (χ2v) is 4.87. The van der Waals surface area contributed by atoms with Gasteiger partial charge in [0.1, 0.15) is 0 Å². The van der Waals surface area contributed by atoms with Crippen molar-refractivity contribution >= 4 is 0 Å². The summed E-state index contributed by atoms with van der Waals surface area (Å²) in [6.45, 7) is 6.82. The van der Waals surface area contributed by atoms with Crippen LogP contribution in [0.4, 0.5) is 8.78 Å². The molecule has 0 bridgehead atoms. The molecule has 4 heteroatoms. The molecule has 1 N–H and O–H groups in total. The Morgan fingerprint density at radius 2 is 2.11 bits per heavy atom. The third-order valence-electron chi connectivity index (χ3n) is 3.64. The van der Waals surface area contributed by atoms with Crippen LogP contribution in [-0.2, 0) is 0 Å². The van der Waals surface area contributed by atoms with Crippen LogP contribution < -0.4 is 5.32 Å². The van der Waals surface area contributed by atoms with E-state index in [-0.39, 0.29) is 6.04 Å². The molecule has 1 aromatic rings. The third kappa shape index (κ3) is 2.54. The van der Waals surface area contributed by atoms with Crippen LogP contribution in [0.25, 0.3) is 0 Å². The van der Waals surface area contributed by atoms with Crippen molar-refractivity contribution in [2.45, 2.75) is 32.4 Å². The van der Waals surface area contributed by atoms with Gasteiger partial charge in [-0.15, -0.1) is 0 Å². The molecule has 0 aliphatic carbocycles. The van der Waals surface area contributed by atoms with Gasteiger partial charge >= 0.3 is 0 Å². The molecular weight excluding hydrogens is 234 g/mol. The van der Waals surface area contributed by atoms with Crippen molar-refractivity contribution in [1.29, 1.82) is 0 Å². The van der Waals surface area contributed by atoms with E-state index in [0.29, 0.717) is 11.6 Å². The lowest BCUT2D eigenvalue weighted by Gasteiger charge is -2.42. The molecule has 2 nitrogen and oxygen atoms in total. The smallest absolute Gasteiger partial charge is 0.163 e. The highest BCUT2D eigenvalue weighted by Crippen LogP contribution is 2.27. The Kier molecular flexibility index (Phi) is 4.30. The van der Waals surface area contributed by atoms with Gasteiger partial charge in [-0.2, -0.15) is 0 Å². The summed E-state index contributed by atoms with van der Waals surface area (Å²) < 4.78 is 27.1. The molecule has 1 aliphatic rings. The molecule has 1 aromatic carbocycles. The maximum absolute atomic E-state index is 13.8. The van der Waals surface area contributed by atoms with Gasteiger partial charge in [-0.25, -0.2) is 8.78 Å². The van der Waals surface area contributed by atoms with Gasteiger partial charge in [0.05, 0.1) is 0 Å². The van der Waals surface area contributed by atoms with Crippen molar-refractivity contribution in [2.75, 3.05) is 19.6 Å². The van der Waals surface area contributed by atoms with E-state index >= 15 is 0 Å². The lowest BCUT2D eigenvalue weighted by Crippen LogP contribution is -2.57. The summed E-state index contributed by atoms with van der Waals surface area (Å²) in [7, 11) is 0. The van der Waals surface area contributed by atoms with Crippen molar-refractivity contribution < 1.29 is 8.78 Å². The minimum absolute atomic E-state index is 0.0900. The minimum Gasteiger partial charge on any atom is -0.314 e. The minimum atomic E-state index is -0.762. The Balaban J connectivity index is 2.21. The van der Waals surface area contributed by atoms with Gasteiger partial charge in [-0.1, -0.05) is 19.1 Å². The maximum atomic E-state index is 13.8. The molecule has 1 fully saturated rings. The molecule has 0 saturated carbocycles. The van der Waals surface area contributed by atoms with Gasteiger partial charge < -0.3 is 5.32 Å². The summed E-state index contributed by atoms with van der Waals surface area (Å²) in [4.78, 5) is 2.26. The van der Waals surface area contributed by atoms with Crippen LogP contribution in [0.15, 0.2) is 18.2 Å². The quantitative estimate of drug-likeness (QED) is 0.869. The Morgan fingerprint density at radius 3 is 2.67 bits per heavy atom. The number of nitrogens with one attached hydrogen (secondary N) is 1. The van der Waals surface area contributed by atoms with E-state index in [0.717, 1.165) is 26.1 Å². The lowest BCUT2D eigenvalue weighted by molar-refractivity contribution is 0.101. The Labute approximate surface area is 107 Å². The summed E-state index contributed by atoms with van der Waals surface area (Å²) in [5.74, 6) is -1.47. The molecule has 2 rings (SSSR count). The van der Waals surface area contributed by atoms with Gasteiger partial charge in [0.15, 0.2) is 11.6 Å². The van der Waals surface area contributed by atoms with Crippen LogP contribution in [-0.4, -0.2) is 30.6 Å². The predicted octanol–water partition coefficient (Wildman–Crippen LogP) is 2.71. The molecule has 1 unspecified atom stereocenters. The molecular formula is C14H20F2N2. The largest absolute Gasteiger partial charge is 0.314 e. The predicted molar refractivity (Wildman–Crippen MR) is 68.4 cm³/mol. The van der Waals surface area contributed by atoms with Gasteiger partial charge in [-0.3, -0.25) is 4.90 Å². The topological polar surface area (TPSA) is 15.3 Å². The first-order valence-corrected chi connectivity index (χ1v) is 6.55. The molecule has 0 radical (unpaired) electrons. The molecule has 0 aromatic heterocycles. The fourth-order valence-corrected chi connectivity index (χ4v) is 2.48. The van der Waals surface area contributed by atoms with Crippen LogP contribution in [0.1, 0.15) is 31.9 Å². The van der Waals surface area contributed by atoms with Gasteiger partial charge in [0, 0.05) is 30.7 Å². The standard InChI is InChI=1S/C14H20F2N2/c1-3-7-18(11-8-17-9-11)10(2)12-5-4-6-13(15)14(12)16/h4-6,10-11,17H,3,7-9H2,1-2H3. The first kappa shape index (κ1) is 13.4. The zero-order valence-electron chi connectivity index (χ0n) is 10.9. The molecule has 100 valence electrons. The Hall–Kier alpha value is -1.00. The van der Waals surface area contributed by atoms with Crippen LogP contribution in [0.3, 0.4) is 0 Å². The average molecular weight is 254 g/mol. The van der Waals surface area contributed by atoms with E-state index < -0.39 is 11.6 Å². The van der Waals surface area contributed by atoms with Gasteiger partial charge in [0.2, 0.25) is 0 Å². The third-order valence-corrected chi connectivity index (χ3v) is 3.64. The van der Waals surface area contributed by atoms with Crippen molar-refractivity contribution in [3.8, 4) is 0 Å². The van der Waals surface area contributed by atoms with Gasteiger partial charge in [0.25, 0.3) is 0 Å². The molecule has 0 amide bonds. The maximum Gasteiger partial charge on any atom is 0.163 e. The number of halogens is 2. The van der Waals surface area contributed by atoms with Crippen molar-refractivity contribution in [3.05, 3.63) is 35.4 Å². The second kappa shape index (κ2) is 5.76. The van der Waals surface area contributed by atoms with E-state index in [4.69, 9.17) is 0 Å². The van der Waals surface area contributed by atoms with E-state index in [2.05, 4.69) is 17.1 Å². The average Bonchev–Trinajstić information content (AvgIpc) is 2.29. The summed E-state index contributed by atoms with van der Waals surface area (Å²) in [6.07, 6.45) is 1.01. The highest BCUT2D eigenvalue weighted by Gasteiger charge is 2.29. The number of hydrogen-bond donors (Lipinski definition) is 1. The molecule has 1 atom stereocenters. The second-order valence-electron chi connectivity index (χ2n) is 4.87. The lowest BCUT2D eigenvalue weighted by atomic mass is 10.0. The van der Waals surface area contributed by atoms with E-state index in [1.807, 2.05) is 6.92 Å². The Bertz CT molecular complexity index is 405. The van der Waals surface area contributed by atoms with Crippen molar-refractivity contribution in [2.24, 2.45) is 0 Å². The fourth-order valence-electron chi connectivity index (χ4n) is 2.48. The highest BCUT2D eigenvalue weighted by molar-refractivity contribution is 5.22. The van der Waals surface area contributed by atoms with E-state index in [1.54, 1.807) is 12.1 Å². The summed E-state index contributed by atoms with van der Waals surface area (Å²) in [5, 5.41) is 3.22. The number of hydrogen-bond acceptors (Lipinski definition) is 2. The SMILES string of the molecule is CCCN(C1CNC1)C(C)c1cccc(F)c1F. The zero-order valence-corrected chi connectivity index (χ0v) is 10.9. The fraction of sp³-hybridized carbons (Fsp3) is 0.571. The van der Waals surface area contributed by atoms with Crippen LogP contribution in [0, 0.1) is 11.6 Å². The number of rotatable bonds is 5. The van der Waals surface area contributed by atoms with E-state index in [9.17, 15) is 8.78 Å². The first-order chi connectivity index (χ1) is 8.65. The molecule has 1 saturated heterocycles. The van der Waals surface area contributed by atoms with Crippen molar-refractivity contribution in [3.63, 3.8) is 0 Å². The van der Waals surface area contributed by atoms with Crippen LogP contribution in [0.5, 0.6) is 0 Å². The van der Waals surface area contributed by atoms with Crippen LogP contribution >= 0.6 is 0 Å². The number of benzene rings is 1. The monoisotopic (exact) mass is 254 g/mol.